The van der Waals surface area contributed by atoms with Crippen LogP contribution in [0, 0.1) is 0 Å². The number of Topliss-reactive ketones (excluding diaryl/α,β-unsaturated/α-hetero) is 1. The fraction of sp³-hybridized carbons (Fsp3) is 0.0952. The average molecular weight is 426 g/mol. The quantitative estimate of drug-likeness (QED) is 0.236. The van der Waals surface area contributed by atoms with Crippen LogP contribution in [0.3, 0.4) is 0 Å². The number of epoxide rings is 1. The van der Waals surface area contributed by atoms with Gasteiger partial charge in [-0.15, -0.1) is 0 Å². The number of phenolic OH excluding ortho intramolecular Hbond substituents is 7. The van der Waals surface area contributed by atoms with Crippen molar-refractivity contribution in [1.29, 1.82) is 0 Å². The summed E-state index contributed by atoms with van der Waals surface area (Å²) >= 11 is 0. The van der Waals surface area contributed by atoms with Crippen molar-refractivity contribution in [1.82, 2.24) is 0 Å². The first-order valence-electron chi connectivity index (χ1n) is 8.88. The molecule has 31 heavy (non-hydrogen) atoms. The summed E-state index contributed by atoms with van der Waals surface area (Å²) in [5.41, 5.74) is -3.02. The van der Waals surface area contributed by atoms with Crippen LogP contribution in [0.15, 0.2) is 42.5 Å². The van der Waals surface area contributed by atoms with Gasteiger partial charge in [-0.2, -0.15) is 0 Å². The van der Waals surface area contributed by atoms with Gasteiger partial charge in [-0.1, -0.05) is 0 Å². The van der Waals surface area contributed by atoms with Crippen LogP contribution >= 0.6 is 0 Å². The second-order valence-corrected chi connectivity index (χ2v) is 7.23. The van der Waals surface area contributed by atoms with Crippen molar-refractivity contribution in [2.24, 2.45) is 0 Å². The van der Waals surface area contributed by atoms with E-state index >= 15 is 0 Å². The molecule has 2 atom stereocenters. The first-order valence-corrected chi connectivity index (χ1v) is 8.88. The Morgan fingerprint density at radius 3 is 1.94 bits per heavy atom. The molecule has 0 aliphatic carbocycles. The molecule has 0 aromatic heterocycles. The number of fused-ring (bicyclic) bond motifs is 2. The summed E-state index contributed by atoms with van der Waals surface area (Å²) in [5.74, 6) is -7.14. The number of aromatic hydroxyl groups is 7. The van der Waals surface area contributed by atoms with Crippen LogP contribution in [0.5, 0.6) is 46.0 Å². The maximum Gasteiger partial charge on any atom is 0.280 e. The number of benzene rings is 3. The van der Waals surface area contributed by atoms with E-state index in [1.165, 1.54) is 6.07 Å². The molecule has 3 aromatic carbocycles. The summed E-state index contributed by atoms with van der Waals surface area (Å²) in [6.07, 6.45) is 0. The average Bonchev–Trinajstić information content (AvgIpc) is 3.33. The minimum atomic E-state index is -2.22. The van der Waals surface area contributed by atoms with E-state index in [-0.39, 0.29) is 16.9 Å². The highest BCUT2D eigenvalue weighted by Gasteiger charge is 2.83. The molecule has 0 bridgehead atoms. The monoisotopic (exact) mass is 426 g/mol. The lowest BCUT2D eigenvalue weighted by Crippen LogP contribution is -2.39. The van der Waals surface area contributed by atoms with E-state index in [4.69, 9.17) is 9.47 Å². The minimum Gasteiger partial charge on any atom is -0.508 e. The Labute approximate surface area is 173 Å². The predicted molar refractivity (Wildman–Crippen MR) is 100 cm³/mol. The van der Waals surface area contributed by atoms with Crippen LogP contribution in [-0.2, 0) is 16.1 Å². The maximum absolute atomic E-state index is 13.6. The lowest BCUT2D eigenvalue weighted by Gasteiger charge is -2.28. The van der Waals surface area contributed by atoms with Crippen LogP contribution in [0.2, 0.25) is 0 Å². The molecule has 7 N–H and O–H groups in total. The second-order valence-electron chi connectivity index (χ2n) is 7.23. The molecule has 2 unspecified atom stereocenters. The molecule has 2 aliphatic heterocycles. The van der Waals surface area contributed by atoms with Gasteiger partial charge in [-0.05, 0) is 18.2 Å². The SMILES string of the molecule is O=C1c2c(O)cc(O)cc2OC2(c3ccc(O)c(O)c3)OC12c1c(O)cc(O)cc1O. The fourth-order valence-electron chi connectivity index (χ4n) is 4.04. The van der Waals surface area contributed by atoms with Gasteiger partial charge >= 0.3 is 0 Å². The van der Waals surface area contributed by atoms with E-state index in [0.29, 0.717) is 0 Å². The number of ether oxygens (including phenoxy) is 2. The largest absolute Gasteiger partial charge is 0.508 e. The Morgan fingerprint density at radius 1 is 0.677 bits per heavy atom. The van der Waals surface area contributed by atoms with Crippen molar-refractivity contribution in [3.05, 3.63) is 59.2 Å². The smallest absolute Gasteiger partial charge is 0.280 e. The third kappa shape index (κ3) is 2.21. The highest BCUT2D eigenvalue weighted by Crippen LogP contribution is 2.70. The molecule has 5 rings (SSSR count). The molecule has 0 spiro atoms. The summed E-state index contributed by atoms with van der Waals surface area (Å²) in [7, 11) is 0. The van der Waals surface area contributed by atoms with Crippen molar-refractivity contribution in [2.75, 3.05) is 0 Å². The zero-order valence-electron chi connectivity index (χ0n) is 15.4. The number of hydrogen-bond donors (Lipinski definition) is 7. The van der Waals surface area contributed by atoms with Crippen molar-refractivity contribution in [3.8, 4) is 46.0 Å². The highest BCUT2D eigenvalue weighted by atomic mass is 16.8. The Balaban J connectivity index is 1.83. The summed E-state index contributed by atoms with van der Waals surface area (Å²) < 4.78 is 11.6. The molecule has 158 valence electrons. The Morgan fingerprint density at radius 2 is 1.29 bits per heavy atom. The summed E-state index contributed by atoms with van der Waals surface area (Å²) in [4.78, 5) is 13.6. The van der Waals surface area contributed by atoms with Crippen LogP contribution < -0.4 is 4.74 Å². The van der Waals surface area contributed by atoms with Gasteiger partial charge < -0.3 is 45.2 Å². The van der Waals surface area contributed by atoms with Gasteiger partial charge in [0.05, 0.1) is 5.56 Å². The zero-order valence-corrected chi connectivity index (χ0v) is 15.4. The third-order valence-corrected chi connectivity index (χ3v) is 5.37. The first-order chi connectivity index (χ1) is 14.6. The van der Waals surface area contributed by atoms with Gasteiger partial charge in [-0.3, -0.25) is 4.79 Å². The molecule has 0 amide bonds. The number of carbonyl (C=O) groups is 1. The van der Waals surface area contributed by atoms with Crippen molar-refractivity contribution in [2.45, 2.75) is 11.4 Å². The van der Waals surface area contributed by atoms with Crippen molar-refractivity contribution >= 4 is 5.78 Å². The molecule has 3 aromatic rings. The van der Waals surface area contributed by atoms with E-state index in [1.54, 1.807) is 0 Å². The Hall–Kier alpha value is -4.31. The van der Waals surface area contributed by atoms with Gasteiger partial charge in [0.15, 0.2) is 11.5 Å². The summed E-state index contributed by atoms with van der Waals surface area (Å²) in [5, 5.41) is 70.3. The van der Waals surface area contributed by atoms with E-state index in [2.05, 4.69) is 0 Å². The zero-order chi connectivity index (χ0) is 22.3. The van der Waals surface area contributed by atoms with Crippen LogP contribution in [-0.4, -0.2) is 41.5 Å². The second kappa shape index (κ2) is 5.64. The number of rotatable bonds is 2. The van der Waals surface area contributed by atoms with Crippen LogP contribution in [0.1, 0.15) is 21.5 Å². The van der Waals surface area contributed by atoms with Gasteiger partial charge in [-0.25, -0.2) is 0 Å². The van der Waals surface area contributed by atoms with Crippen molar-refractivity contribution in [3.63, 3.8) is 0 Å². The van der Waals surface area contributed by atoms with Gasteiger partial charge in [0.2, 0.25) is 11.4 Å². The molecule has 0 saturated carbocycles. The van der Waals surface area contributed by atoms with Crippen molar-refractivity contribution < 1.29 is 50.0 Å². The van der Waals surface area contributed by atoms with E-state index < -0.39 is 63.0 Å². The minimum absolute atomic E-state index is 0.0245. The van der Waals surface area contributed by atoms with Gasteiger partial charge in [0.1, 0.15) is 40.1 Å². The topological polar surface area (TPSA) is 180 Å². The molecule has 1 saturated heterocycles. The highest BCUT2D eigenvalue weighted by molar-refractivity contribution is 6.11. The van der Waals surface area contributed by atoms with Gasteiger partial charge in [0, 0.05) is 29.8 Å². The Kier molecular flexibility index (Phi) is 3.40. The lowest BCUT2D eigenvalue weighted by molar-refractivity contribution is 0.0548. The van der Waals surface area contributed by atoms with Gasteiger partial charge in [0.25, 0.3) is 5.79 Å². The molecule has 10 heteroatoms. The molecule has 0 radical (unpaired) electrons. The molecule has 10 nitrogen and oxygen atoms in total. The molecule has 2 aliphatic rings. The molecular weight excluding hydrogens is 412 g/mol. The number of hydrogen-bond acceptors (Lipinski definition) is 10. The summed E-state index contributed by atoms with van der Waals surface area (Å²) in [6.45, 7) is 0. The van der Waals surface area contributed by atoms with E-state index in [0.717, 1.165) is 36.4 Å². The first kappa shape index (κ1) is 18.7. The Bertz CT molecular complexity index is 1280. The van der Waals surface area contributed by atoms with E-state index in [9.17, 15) is 40.5 Å². The number of ketones is 1. The predicted octanol–water partition coefficient (Wildman–Crippen LogP) is 1.98. The fourth-order valence-corrected chi connectivity index (χ4v) is 4.04. The van der Waals surface area contributed by atoms with Crippen LogP contribution in [0.25, 0.3) is 0 Å². The molecule has 1 fully saturated rings. The number of phenols is 7. The standard InChI is InChI=1S/C21H14O10/c22-9-5-14(27)18(15(28)6-9)20-19(29)17-13(26)4-10(23)7-16(17)30-21(20,31-20)8-1-2-11(24)12(25)3-8/h1-7,22-28H. The normalized spacial score (nSPS) is 23.5. The molecular formula is C21H14O10. The van der Waals surface area contributed by atoms with Crippen LogP contribution in [0.4, 0.5) is 0 Å². The summed E-state index contributed by atoms with van der Waals surface area (Å²) in [6, 6.07) is 7.20. The van der Waals surface area contributed by atoms with E-state index in [1.807, 2.05) is 0 Å². The molecule has 2 heterocycles. The maximum atomic E-state index is 13.6. The number of carbonyl (C=O) groups excluding carboxylic acids is 1. The lowest BCUT2D eigenvalue weighted by atomic mass is 9.79. The third-order valence-electron chi connectivity index (χ3n) is 5.37.